The van der Waals surface area contributed by atoms with Crippen LogP contribution in [0, 0.1) is 0 Å². The molecule has 1 unspecified atom stereocenters. The molecular formula is C11H18N2O3. The molecule has 0 saturated carbocycles. The lowest BCUT2D eigenvalue weighted by atomic mass is 9.85. The van der Waals surface area contributed by atoms with Crippen LogP contribution in [0.15, 0.2) is 12.3 Å². The molecule has 0 aliphatic rings. The van der Waals surface area contributed by atoms with E-state index in [2.05, 4.69) is 4.74 Å². The third-order valence-corrected chi connectivity index (χ3v) is 2.90. The van der Waals surface area contributed by atoms with Crippen LogP contribution in [0.2, 0.25) is 0 Å². The van der Waals surface area contributed by atoms with Crippen LogP contribution in [-0.2, 0) is 17.2 Å². The average molecular weight is 226 g/mol. The second kappa shape index (κ2) is 4.67. The van der Waals surface area contributed by atoms with E-state index in [-0.39, 0.29) is 6.61 Å². The Kier molecular flexibility index (Phi) is 3.72. The number of nitrogens with zero attached hydrogens (tertiary/aromatic N) is 1. The topological polar surface area (TPSA) is 77.5 Å². The molecule has 5 heteroatoms. The lowest BCUT2D eigenvalue weighted by molar-refractivity contribution is 0.0590. The predicted octanol–water partition coefficient (Wildman–Crippen LogP) is 0.0204. The number of hydrogen-bond acceptors (Lipinski definition) is 4. The average Bonchev–Trinajstić information content (AvgIpc) is 2.69. The molecule has 16 heavy (non-hydrogen) atoms. The summed E-state index contributed by atoms with van der Waals surface area (Å²) >= 11 is 0. The number of aliphatic hydroxyl groups is 1. The summed E-state index contributed by atoms with van der Waals surface area (Å²) in [5, 5.41) is 9.33. The standard InChI is InChI=1S/C11H18N2O3/c1-11(6-12,7-14)8-4-9(10(15)16-3)13(2)5-8/h4-5,14H,6-7,12H2,1-3H3. The zero-order chi connectivity index (χ0) is 12.3. The van der Waals surface area contributed by atoms with Crippen molar-refractivity contribution >= 4 is 5.97 Å². The zero-order valence-corrected chi connectivity index (χ0v) is 9.86. The van der Waals surface area contributed by atoms with E-state index in [1.165, 1.54) is 7.11 Å². The SMILES string of the molecule is COC(=O)c1cc(C(C)(CN)CO)cn1C. The summed E-state index contributed by atoms with van der Waals surface area (Å²) in [5.41, 5.74) is 6.39. The number of ether oxygens (including phenoxy) is 1. The second-order valence-corrected chi connectivity index (χ2v) is 4.14. The van der Waals surface area contributed by atoms with Gasteiger partial charge in [0.1, 0.15) is 5.69 Å². The summed E-state index contributed by atoms with van der Waals surface area (Å²) in [6, 6.07) is 1.70. The van der Waals surface area contributed by atoms with Crippen molar-refractivity contribution in [2.75, 3.05) is 20.3 Å². The number of nitrogens with two attached hydrogens (primary N) is 1. The van der Waals surface area contributed by atoms with Gasteiger partial charge >= 0.3 is 5.97 Å². The summed E-state index contributed by atoms with van der Waals surface area (Å²) in [6.07, 6.45) is 1.79. The molecule has 1 rings (SSSR count). The molecular weight excluding hydrogens is 208 g/mol. The van der Waals surface area contributed by atoms with Gasteiger partial charge < -0.3 is 20.1 Å². The molecule has 1 aromatic rings. The highest BCUT2D eigenvalue weighted by atomic mass is 16.5. The number of aryl methyl sites for hydroxylation is 1. The van der Waals surface area contributed by atoms with Crippen LogP contribution in [0.25, 0.3) is 0 Å². The molecule has 90 valence electrons. The lowest BCUT2D eigenvalue weighted by Crippen LogP contribution is -2.35. The molecule has 0 saturated heterocycles. The number of aromatic nitrogens is 1. The first-order chi connectivity index (χ1) is 7.48. The zero-order valence-electron chi connectivity index (χ0n) is 9.86. The van der Waals surface area contributed by atoms with Gasteiger partial charge in [-0.3, -0.25) is 0 Å². The van der Waals surface area contributed by atoms with E-state index in [4.69, 9.17) is 5.73 Å². The predicted molar refractivity (Wildman–Crippen MR) is 60.2 cm³/mol. The molecule has 3 N–H and O–H groups in total. The summed E-state index contributed by atoms with van der Waals surface area (Å²) in [6.45, 7) is 2.10. The maximum Gasteiger partial charge on any atom is 0.354 e. The Hall–Kier alpha value is -1.33. The number of carbonyl (C=O) groups excluding carboxylic acids is 1. The second-order valence-electron chi connectivity index (χ2n) is 4.14. The van der Waals surface area contributed by atoms with E-state index < -0.39 is 11.4 Å². The van der Waals surface area contributed by atoms with E-state index in [0.717, 1.165) is 5.56 Å². The van der Waals surface area contributed by atoms with Gasteiger partial charge in [-0.25, -0.2) is 4.79 Å². The summed E-state index contributed by atoms with van der Waals surface area (Å²) in [7, 11) is 3.09. The molecule has 0 amide bonds. The Morgan fingerprint density at radius 3 is 2.75 bits per heavy atom. The van der Waals surface area contributed by atoms with E-state index in [9.17, 15) is 9.90 Å². The summed E-state index contributed by atoms with van der Waals surface area (Å²) in [4.78, 5) is 11.4. The van der Waals surface area contributed by atoms with Crippen LogP contribution in [0.4, 0.5) is 0 Å². The molecule has 0 spiro atoms. The number of hydrogen-bond donors (Lipinski definition) is 2. The highest BCUT2D eigenvalue weighted by molar-refractivity contribution is 5.88. The van der Waals surface area contributed by atoms with Crippen molar-refractivity contribution in [3.63, 3.8) is 0 Å². The monoisotopic (exact) mass is 226 g/mol. The Balaban J connectivity index is 3.14. The van der Waals surface area contributed by atoms with Crippen LogP contribution in [0.3, 0.4) is 0 Å². The Morgan fingerprint density at radius 1 is 1.69 bits per heavy atom. The molecule has 1 atom stereocenters. The highest BCUT2D eigenvalue weighted by Gasteiger charge is 2.27. The van der Waals surface area contributed by atoms with Crippen LogP contribution < -0.4 is 5.73 Å². The van der Waals surface area contributed by atoms with Crippen molar-refractivity contribution in [3.8, 4) is 0 Å². The van der Waals surface area contributed by atoms with Gasteiger partial charge in [0.25, 0.3) is 0 Å². The Morgan fingerprint density at radius 2 is 2.31 bits per heavy atom. The van der Waals surface area contributed by atoms with Gasteiger partial charge in [-0.2, -0.15) is 0 Å². The van der Waals surface area contributed by atoms with Gasteiger partial charge in [0.15, 0.2) is 0 Å². The third-order valence-electron chi connectivity index (χ3n) is 2.90. The molecule has 0 radical (unpaired) electrons. The molecule has 0 bridgehead atoms. The maximum atomic E-state index is 11.4. The minimum absolute atomic E-state index is 0.0614. The van der Waals surface area contributed by atoms with Crippen LogP contribution in [0.5, 0.6) is 0 Å². The molecule has 0 fully saturated rings. The van der Waals surface area contributed by atoms with E-state index >= 15 is 0 Å². The Labute approximate surface area is 94.8 Å². The molecule has 0 aliphatic heterocycles. The highest BCUT2D eigenvalue weighted by Crippen LogP contribution is 2.24. The minimum Gasteiger partial charge on any atom is -0.464 e. The van der Waals surface area contributed by atoms with Crippen molar-refractivity contribution in [2.24, 2.45) is 12.8 Å². The van der Waals surface area contributed by atoms with E-state index in [1.807, 2.05) is 6.92 Å². The van der Waals surface area contributed by atoms with Gasteiger partial charge in [0, 0.05) is 25.2 Å². The van der Waals surface area contributed by atoms with Gasteiger partial charge in [-0.05, 0) is 11.6 Å². The molecule has 0 aliphatic carbocycles. The van der Waals surface area contributed by atoms with Crippen molar-refractivity contribution in [1.82, 2.24) is 4.57 Å². The summed E-state index contributed by atoms with van der Waals surface area (Å²) in [5.74, 6) is -0.397. The largest absolute Gasteiger partial charge is 0.464 e. The van der Waals surface area contributed by atoms with E-state index in [0.29, 0.717) is 12.2 Å². The Bertz CT molecular complexity index is 381. The minimum atomic E-state index is -0.524. The lowest BCUT2D eigenvalue weighted by Gasteiger charge is -2.24. The van der Waals surface area contributed by atoms with E-state index in [1.54, 1.807) is 23.9 Å². The quantitative estimate of drug-likeness (QED) is 0.709. The van der Waals surface area contributed by atoms with Crippen molar-refractivity contribution in [1.29, 1.82) is 0 Å². The fourth-order valence-corrected chi connectivity index (χ4v) is 1.48. The van der Waals surface area contributed by atoms with Gasteiger partial charge in [-0.15, -0.1) is 0 Å². The van der Waals surface area contributed by atoms with Gasteiger partial charge in [-0.1, -0.05) is 6.92 Å². The first-order valence-electron chi connectivity index (χ1n) is 5.04. The van der Waals surface area contributed by atoms with Gasteiger partial charge in [0.05, 0.1) is 13.7 Å². The first-order valence-corrected chi connectivity index (χ1v) is 5.04. The van der Waals surface area contributed by atoms with Crippen LogP contribution >= 0.6 is 0 Å². The normalized spacial score (nSPS) is 14.6. The number of methoxy groups -OCH3 is 1. The van der Waals surface area contributed by atoms with Gasteiger partial charge in [0.2, 0.25) is 0 Å². The fraction of sp³-hybridized carbons (Fsp3) is 0.545. The van der Waals surface area contributed by atoms with Crippen molar-refractivity contribution < 1.29 is 14.6 Å². The van der Waals surface area contributed by atoms with Crippen molar-refractivity contribution in [3.05, 3.63) is 23.5 Å². The molecule has 1 aromatic heterocycles. The third kappa shape index (κ3) is 2.10. The summed E-state index contributed by atoms with van der Waals surface area (Å²) < 4.78 is 6.33. The molecule has 0 aromatic carbocycles. The molecule has 5 nitrogen and oxygen atoms in total. The first kappa shape index (κ1) is 12.7. The maximum absolute atomic E-state index is 11.4. The number of esters is 1. The smallest absolute Gasteiger partial charge is 0.354 e. The van der Waals surface area contributed by atoms with Crippen LogP contribution in [-0.4, -0.2) is 35.9 Å². The number of rotatable bonds is 4. The number of aliphatic hydroxyl groups excluding tert-OH is 1. The van der Waals surface area contributed by atoms with Crippen LogP contribution in [0.1, 0.15) is 23.0 Å². The van der Waals surface area contributed by atoms with Crippen molar-refractivity contribution in [2.45, 2.75) is 12.3 Å². The fourth-order valence-electron chi connectivity index (χ4n) is 1.48. The molecule has 1 heterocycles. The number of carbonyl (C=O) groups is 1.